The van der Waals surface area contributed by atoms with E-state index in [1.165, 1.54) is 36.7 Å². The van der Waals surface area contributed by atoms with Crippen LogP contribution in [0.25, 0.3) is 0 Å². The zero-order chi connectivity index (χ0) is 28.5. The van der Waals surface area contributed by atoms with Crippen LogP contribution < -0.4 is 21.3 Å². The molecule has 206 valence electrons. The van der Waals surface area contributed by atoms with Gasteiger partial charge in [0.15, 0.2) is 10.8 Å². The van der Waals surface area contributed by atoms with Crippen LogP contribution in [0.15, 0.2) is 34.8 Å². The second kappa shape index (κ2) is 13.2. The molecule has 0 unspecified atom stereocenters. The smallest absolute Gasteiger partial charge is 0.347 e. The van der Waals surface area contributed by atoms with Crippen molar-refractivity contribution in [3.05, 3.63) is 51.0 Å². The van der Waals surface area contributed by atoms with Gasteiger partial charge in [-0.15, -0.1) is 22.9 Å². The zero-order valence-electron chi connectivity index (χ0n) is 20.0. The van der Waals surface area contributed by atoms with Crippen molar-refractivity contribution >= 4 is 69.1 Å². The van der Waals surface area contributed by atoms with Crippen molar-refractivity contribution in [2.45, 2.75) is 18.7 Å². The quantitative estimate of drug-likeness (QED) is 0.0623. The van der Waals surface area contributed by atoms with Gasteiger partial charge in [-0.2, -0.15) is 0 Å². The molecule has 0 bridgehead atoms. The summed E-state index contributed by atoms with van der Waals surface area (Å²) >= 11 is 6.40. The maximum Gasteiger partial charge on any atom is 0.347 e. The number of non-ortho nitro benzene ring substituents is 1. The first-order valence-corrected chi connectivity index (χ1v) is 12.3. The van der Waals surface area contributed by atoms with Crippen LogP contribution in [0, 0.1) is 10.1 Å². The van der Waals surface area contributed by atoms with E-state index in [1.807, 2.05) is 0 Å². The van der Waals surface area contributed by atoms with Crippen LogP contribution in [0.5, 0.6) is 0 Å². The maximum atomic E-state index is 13.0. The number of nitrogens with zero attached hydrogens (tertiary/aromatic N) is 3. The van der Waals surface area contributed by atoms with Crippen molar-refractivity contribution in [3.63, 3.8) is 0 Å². The summed E-state index contributed by atoms with van der Waals surface area (Å²) < 4.78 is 5.02. The number of β-lactam (4-membered cyclic amide) rings is 1. The number of hydrogen-bond acceptors (Lipinski definition) is 12. The minimum absolute atomic E-state index is 0.0714. The maximum absolute atomic E-state index is 13.0. The fourth-order valence-electron chi connectivity index (χ4n) is 2.98. The van der Waals surface area contributed by atoms with Crippen molar-refractivity contribution in [2.24, 2.45) is 5.16 Å². The molecular formula is C21H20ClN7O9S. The number of anilines is 1. The van der Waals surface area contributed by atoms with E-state index in [0.29, 0.717) is 5.56 Å². The number of esters is 1. The average molecular weight is 582 g/mol. The van der Waals surface area contributed by atoms with E-state index in [0.717, 1.165) is 11.3 Å². The van der Waals surface area contributed by atoms with Gasteiger partial charge in [0.25, 0.3) is 11.6 Å². The molecule has 3 rings (SSSR count). The summed E-state index contributed by atoms with van der Waals surface area (Å²) in [6.07, 6.45) is 0. The molecular weight excluding hydrogens is 562 g/mol. The number of alkyl halides is 1. The number of likely N-dealkylation sites (N-methyl/N-ethyl adjacent to an activating group) is 1. The van der Waals surface area contributed by atoms with E-state index in [9.17, 15) is 34.1 Å². The van der Waals surface area contributed by atoms with Gasteiger partial charge < -0.3 is 30.8 Å². The highest BCUT2D eigenvalue weighted by Crippen LogP contribution is 2.17. The van der Waals surface area contributed by atoms with Crippen molar-refractivity contribution in [2.75, 3.05) is 24.9 Å². The van der Waals surface area contributed by atoms with E-state index in [-0.39, 0.29) is 29.0 Å². The minimum Gasteiger partial charge on any atom is -0.458 e. The normalized spacial score (nSPS) is 16.3. The molecule has 4 amide bonds. The molecule has 1 saturated heterocycles. The standard InChI is InChI=1S/C21H20ClN7O9S/c1-23-18(32)16-17(20(34)26-16)27-19(33)15(12-9-39-21(24-12)25-13(30)6-22)28-38-8-14(31)37-7-10-2-4-11(5-3-10)29(35)36/h2-5,9,16-17H,6-8H2,1H3,(H,23,32)(H,26,34)(H,27,33)(H,24,25,30)/b28-15-/t16-,17-/m1/s1. The number of halogens is 1. The van der Waals surface area contributed by atoms with Crippen LogP contribution in [0.2, 0.25) is 0 Å². The second-order valence-corrected chi connectivity index (χ2v) is 8.69. The van der Waals surface area contributed by atoms with Gasteiger partial charge in [0.05, 0.1) is 4.92 Å². The number of amides is 4. The lowest BCUT2D eigenvalue weighted by molar-refractivity contribution is -0.384. The molecule has 0 radical (unpaired) electrons. The molecule has 4 N–H and O–H groups in total. The Morgan fingerprint density at radius 2 is 1.97 bits per heavy atom. The molecule has 18 heteroatoms. The number of nitrogens with one attached hydrogen (secondary N) is 4. The summed E-state index contributed by atoms with van der Waals surface area (Å²) in [5, 5.41) is 25.3. The third-order valence-electron chi connectivity index (χ3n) is 4.94. The lowest BCUT2D eigenvalue weighted by atomic mass is 9.98. The number of nitro benzene ring substituents is 1. The first-order valence-electron chi connectivity index (χ1n) is 10.9. The van der Waals surface area contributed by atoms with Gasteiger partial charge in [-0.05, 0) is 17.7 Å². The van der Waals surface area contributed by atoms with Crippen molar-refractivity contribution in [3.8, 4) is 0 Å². The second-order valence-electron chi connectivity index (χ2n) is 7.57. The van der Waals surface area contributed by atoms with E-state index < -0.39 is 58.9 Å². The topological polar surface area (TPSA) is 220 Å². The Labute approximate surface area is 228 Å². The highest BCUT2D eigenvalue weighted by Gasteiger charge is 2.45. The molecule has 0 spiro atoms. The van der Waals surface area contributed by atoms with Crippen molar-refractivity contribution in [1.82, 2.24) is 20.9 Å². The molecule has 1 fully saturated rings. The summed E-state index contributed by atoms with van der Waals surface area (Å²) in [5.74, 6) is -3.86. The fourth-order valence-corrected chi connectivity index (χ4v) is 3.76. The summed E-state index contributed by atoms with van der Waals surface area (Å²) in [7, 11) is 1.36. The summed E-state index contributed by atoms with van der Waals surface area (Å²) in [6, 6.07) is 3.12. The predicted molar refractivity (Wildman–Crippen MR) is 135 cm³/mol. The third kappa shape index (κ3) is 7.68. The molecule has 1 aromatic carbocycles. The fraction of sp³-hybridized carbons (Fsp3) is 0.286. The van der Waals surface area contributed by atoms with Crippen LogP contribution in [-0.2, 0) is 40.2 Å². The Kier molecular flexibility index (Phi) is 9.82. The van der Waals surface area contributed by atoms with Crippen LogP contribution in [0.4, 0.5) is 10.8 Å². The van der Waals surface area contributed by atoms with Crippen LogP contribution in [0.3, 0.4) is 0 Å². The molecule has 39 heavy (non-hydrogen) atoms. The third-order valence-corrected chi connectivity index (χ3v) is 5.94. The summed E-state index contributed by atoms with van der Waals surface area (Å²) in [4.78, 5) is 79.6. The number of ether oxygens (including phenoxy) is 1. The molecule has 2 atom stereocenters. The number of benzene rings is 1. The first-order chi connectivity index (χ1) is 18.6. The number of rotatable bonds is 12. The Hall–Kier alpha value is -4.64. The van der Waals surface area contributed by atoms with Gasteiger partial charge in [-0.25, -0.2) is 9.78 Å². The molecule has 2 aromatic rings. The number of oxime groups is 1. The highest BCUT2D eigenvalue weighted by molar-refractivity contribution is 7.14. The van der Waals surface area contributed by atoms with Crippen molar-refractivity contribution < 1.29 is 38.5 Å². The van der Waals surface area contributed by atoms with E-state index in [4.69, 9.17) is 21.2 Å². The van der Waals surface area contributed by atoms with Crippen LogP contribution in [0.1, 0.15) is 11.3 Å². The molecule has 2 heterocycles. The molecule has 0 saturated carbocycles. The molecule has 16 nitrogen and oxygen atoms in total. The lowest BCUT2D eigenvalue weighted by Crippen LogP contribution is -2.73. The van der Waals surface area contributed by atoms with Crippen molar-refractivity contribution in [1.29, 1.82) is 0 Å². The molecule has 1 aliphatic heterocycles. The Bertz CT molecular complexity index is 1320. The van der Waals surface area contributed by atoms with Gasteiger partial charge in [0.1, 0.15) is 30.3 Å². The van der Waals surface area contributed by atoms with Gasteiger partial charge in [-0.1, -0.05) is 5.16 Å². The zero-order valence-corrected chi connectivity index (χ0v) is 21.5. The van der Waals surface area contributed by atoms with Gasteiger partial charge >= 0.3 is 5.97 Å². The Morgan fingerprint density at radius 3 is 2.59 bits per heavy atom. The van der Waals surface area contributed by atoms with Crippen LogP contribution in [-0.4, -0.2) is 76.8 Å². The number of carbonyl (C=O) groups excluding carboxylic acids is 5. The largest absolute Gasteiger partial charge is 0.458 e. The van der Waals surface area contributed by atoms with Crippen LogP contribution >= 0.6 is 22.9 Å². The predicted octanol–water partition coefficient (Wildman–Crippen LogP) is -0.578. The number of nitro groups is 1. The minimum atomic E-state index is -1.21. The number of thiazole rings is 1. The summed E-state index contributed by atoms with van der Waals surface area (Å²) in [5.41, 5.74) is -0.174. The monoisotopic (exact) mass is 581 g/mol. The van der Waals surface area contributed by atoms with Gasteiger partial charge in [0, 0.05) is 24.6 Å². The Balaban J connectivity index is 1.67. The van der Waals surface area contributed by atoms with Gasteiger partial charge in [-0.3, -0.25) is 29.3 Å². The van der Waals surface area contributed by atoms with Gasteiger partial charge in [0.2, 0.25) is 24.3 Å². The number of aromatic nitrogens is 1. The first kappa shape index (κ1) is 28.9. The lowest BCUT2D eigenvalue weighted by Gasteiger charge is -2.35. The average Bonchev–Trinajstić information content (AvgIpc) is 3.38. The van der Waals surface area contributed by atoms with E-state index >= 15 is 0 Å². The SMILES string of the molecule is CNC(=O)[C@@H]1NC(=O)[C@@H]1NC(=O)/C(=N\OCC(=O)OCc1ccc([N+](=O)[O-])cc1)c1csc(NC(=O)CCl)n1. The Morgan fingerprint density at radius 1 is 1.26 bits per heavy atom. The molecule has 1 aliphatic rings. The van der Waals surface area contributed by atoms with E-state index in [2.05, 4.69) is 31.4 Å². The summed E-state index contributed by atoms with van der Waals surface area (Å²) in [6.45, 7) is -0.931. The highest BCUT2D eigenvalue weighted by atomic mass is 35.5. The molecule has 1 aromatic heterocycles. The number of carbonyl (C=O) groups is 5. The molecule has 0 aliphatic carbocycles. The van der Waals surface area contributed by atoms with E-state index in [1.54, 1.807) is 0 Å². The number of hydrogen-bond donors (Lipinski definition) is 4.